The Morgan fingerprint density at radius 1 is 1.22 bits per heavy atom. The molecular weight excluding hydrogens is 226 g/mol. The molecule has 0 aliphatic carbocycles. The SMILES string of the molecule is CN(C)C1=NC(c2ccccc2CO)=NC1(C)C. The summed E-state index contributed by atoms with van der Waals surface area (Å²) < 4.78 is 0. The van der Waals surface area contributed by atoms with Crippen molar-refractivity contribution in [1.29, 1.82) is 0 Å². The molecular formula is C14H19N3O. The highest BCUT2D eigenvalue weighted by molar-refractivity contribution is 6.14. The van der Waals surface area contributed by atoms with Gasteiger partial charge in [0.05, 0.1) is 6.61 Å². The molecule has 0 amide bonds. The molecule has 0 radical (unpaired) electrons. The first-order chi connectivity index (χ1) is 8.45. The zero-order valence-electron chi connectivity index (χ0n) is 11.3. The predicted molar refractivity (Wildman–Crippen MR) is 74.1 cm³/mol. The second kappa shape index (κ2) is 4.53. The first-order valence-electron chi connectivity index (χ1n) is 6.01. The Labute approximate surface area is 108 Å². The summed E-state index contributed by atoms with van der Waals surface area (Å²) in [5.41, 5.74) is 1.45. The highest BCUT2D eigenvalue weighted by Gasteiger charge is 2.32. The van der Waals surface area contributed by atoms with Crippen molar-refractivity contribution >= 4 is 11.7 Å². The Bertz CT molecular complexity index is 516. The number of likely N-dealkylation sites (N-methyl/N-ethyl adjacent to an activating group) is 1. The normalized spacial score (nSPS) is 17.4. The van der Waals surface area contributed by atoms with Crippen molar-refractivity contribution in [2.75, 3.05) is 14.1 Å². The second-order valence-electron chi connectivity index (χ2n) is 5.14. The molecule has 0 spiro atoms. The summed E-state index contributed by atoms with van der Waals surface area (Å²) in [6.45, 7) is 4.09. The van der Waals surface area contributed by atoms with Crippen LogP contribution in [0.4, 0.5) is 0 Å². The average Bonchev–Trinajstić information content (AvgIpc) is 2.65. The third kappa shape index (κ3) is 2.16. The minimum atomic E-state index is -0.318. The van der Waals surface area contributed by atoms with Crippen LogP contribution < -0.4 is 0 Å². The number of nitrogens with zero attached hydrogens (tertiary/aromatic N) is 3. The lowest BCUT2D eigenvalue weighted by Crippen LogP contribution is -2.37. The molecule has 0 saturated carbocycles. The fourth-order valence-corrected chi connectivity index (χ4v) is 2.22. The van der Waals surface area contributed by atoms with Crippen molar-refractivity contribution in [2.24, 2.45) is 9.98 Å². The number of hydrogen-bond acceptors (Lipinski definition) is 4. The molecule has 0 aromatic heterocycles. The Hall–Kier alpha value is -1.68. The van der Waals surface area contributed by atoms with E-state index in [1.165, 1.54) is 0 Å². The second-order valence-corrected chi connectivity index (χ2v) is 5.14. The molecule has 4 heteroatoms. The topological polar surface area (TPSA) is 48.2 Å². The van der Waals surface area contributed by atoms with E-state index < -0.39 is 0 Å². The van der Waals surface area contributed by atoms with Gasteiger partial charge in [-0.25, -0.2) is 4.99 Å². The third-order valence-electron chi connectivity index (χ3n) is 3.00. The number of hydrogen-bond donors (Lipinski definition) is 1. The standard InChI is InChI=1S/C14H19N3O/c1-14(2)13(17(3)4)15-12(16-14)11-8-6-5-7-10(11)9-18/h5-8,18H,9H2,1-4H3. The molecule has 1 aliphatic heterocycles. The summed E-state index contributed by atoms with van der Waals surface area (Å²) >= 11 is 0. The Kier molecular flexibility index (Phi) is 3.22. The van der Waals surface area contributed by atoms with Crippen LogP contribution in [0.15, 0.2) is 34.3 Å². The molecule has 1 N–H and O–H groups in total. The van der Waals surface area contributed by atoms with Crippen molar-refractivity contribution in [3.8, 4) is 0 Å². The van der Waals surface area contributed by atoms with Gasteiger partial charge in [0.15, 0.2) is 5.84 Å². The van der Waals surface area contributed by atoms with Crippen LogP contribution in [0.2, 0.25) is 0 Å². The molecule has 1 aliphatic rings. The van der Waals surface area contributed by atoms with E-state index in [2.05, 4.69) is 9.98 Å². The van der Waals surface area contributed by atoms with E-state index in [0.717, 1.165) is 17.0 Å². The maximum Gasteiger partial charge on any atom is 0.158 e. The van der Waals surface area contributed by atoms with Gasteiger partial charge in [-0.15, -0.1) is 0 Å². The number of benzene rings is 1. The smallest absolute Gasteiger partial charge is 0.158 e. The number of rotatable bonds is 2. The molecule has 18 heavy (non-hydrogen) atoms. The zero-order chi connectivity index (χ0) is 13.3. The molecule has 1 aromatic rings. The van der Waals surface area contributed by atoms with Crippen LogP contribution in [0.3, 0.4) is 0 Å². The summed E-state index contributed by atoms with van der Waals surface area (Å²) in [5.74, 6) is 1.64. The molecule has 2 rings (SSSR count). The fourth-order valence-electron chi connectivity index (χ4n) is 2.22. The van der Waals surface area contributed by atoms with Crippen molar-refractivity contribution in [3.05, 3.63) is 35.4 Å². The molecule has 0 saturated heterocycles. The Morgan fingerprint density at radius 2 is 1.89 bits per heavy atom. The molecule has 0 atom stereocenters. The monoisotopic (exact) mass is 245 g/mol. The lowest BCUT2D eigenvalue weighted by molar-refractivity contribution is 0.281. The van der Waals surface area contributed by atoms with E-state index in [9.17, 15) is 5.11 Å². The maximum atomic E-state index is 9.37. The van der Waals surface area contributed by atoms with E-state index in [1.54, 1.807) is 0 Å². The number of aliphatic hydroxyl groups is 1. The van der Waals surface area contributed by atoms with Crippen molar-refractivity contribution in [1.82, 2.24) is 4.90 Å². The number of aliphatic imine (C=N–C) groups is 2. The maximum absolute atomic E-state index is 9.37. The van der Waals surface area contributed by atoms with E-state index in [-0.39, 0.29) is 12.1 Å². The van der Waals surface area contributed by atoms with Gasteiger partial charge in [-0.05, 0) is 19.4 Å². The van der Waals surface area contributed by atoms with Crippen LogP contribution in [-0.2, 0) is 6.61 Å². The highest BCUT2D eigenvalue weighted by Crippen LogP contribution is 2.24. The molecule has 1 aromatic carbocycles. The van der Waals surface area contributed by atoms with E-state index in [4.69, 9.17) is 0 Å². The quantitative estimate of drug-likeness (QED) is 0.861. The van der Waals surface area contributed by atoms with Gasteiger partial charge in [-0.2, -0.15) is 0 Å². The van der Waals surface area contributed by atoms with Crippen molar-refractivity contribution in [3.63, 3.8) is 0 Å². The first kappa shape index (κ1) is 12.8. The molecule has 0 unspecified atom stereocenters. The molecule has 0 bridgehead atoms. The van der Waals surface area contributed by atoms with Crippen LogP contribution in [0, 0.1) is 0 Å². The summed E-state index contributed by atoms with van der Waals surface area (Å²) in [6, 6.07) is 7.69. The van der Waals surface area contributed by atoms with E-state index >= 15 is 0 Å². The van der Waals surface area contributed by atoms with Gasteiger partial charge in [0.25, 0.3) is 0 Å². The lowest BCUT2D eigenvalue weighted by Gasteiger charge is -2.23. The van der Waals surface area contributed by atoms with Gasteiger partial charge in [-0.1, -0.05) is 24.3 Å². The van der Waals surface area contributed by atoms with Gasteiger partial charge >= 0.3 is 0 Å². The van der Waals surface area contributed by atoms with Crippen LogP contribution in [0.25, 0.3) is 0 Å². The van der Waals surface area contributed by atoms with Crippen LogP contribution >= 0.6 is 0 Å². The predicted octanol–water partition coefficient (Wildman–Crippen LogP) is 1.68. The minimum Gasteiger partial charge on any atom is -0.392 e. The van der Waals surface area contributed by atoms with Crippen LogP contribution in [0.1, 0.15) is 25.0 Å². The van der Waals surface area contributed by atoms with Crippen molar-refractivity contribution < 1.29 is 5.11 Å². The summed E-state index contributed by atoms with van der Waals surface area (Å²) in [6.07, 6.45) is 0. The first-order valence-corrected chi connectivity index (χ1v) is 6.01. The molecule has 96 valence electrons. The largest absolute Gasteiger partial charge is 0.392 e. The van der Waals surface area contributed by atoms with Crippen LogP contribution in [-0.4, -0.2) is 41.3 Å². The van der Waals surface area contributed by atoms with Gasteiger partial charge < -0.3 is 10.0 Å². The van der Waals surface area contributed by atoms with Gasteiger partial charge in [-0.3, -0.25) is 4.99 Å². The van der Waals surface area contributed by atoms with Crippen LogP contribution in [0.5, 0.6) is 0 Å². The molecule has 4 nitrogen and oxygen atoms in total. The molecule has 1 heterocycles. The Balaban J connectivity index is 2.47. The third-order valence-corrected chi connectivity index (χ3v) is 3.00. The fraction of sp³-hybridized carbons (Fsp3) is 0.429. The summed E-state index contributed by atoms with van der Waals surface area (Å²) in [7, 11) is 3.94. The van der Waals surface area contributed by atoms with Gasteiger partial charge in [0.2, 0.25) is 0 Å². The summed E-state index contributed by atoms with van der Waals surface area (Å²) in [5, 5.41) is 9.37. The number of aliphatic hydroxyl groups excluding tert-OH is 1. The summed E-state index contributed by atoms with van der Waals surface area (Å²) in [4.78, 5) is 11.2. The minimum absolute atomic E-state index is 0.00242. The zero-order valence-corrected chi connectivity index (χ0v) is 11.3. The van der Waals surface area contributed by atoms with E-state index in [1.807, 2.05) is 57.1 Å². The highest BCUT2D eigenvalue weighted by atomic mass is 16.3. The number of amidine groups is 2. The Morgan fingerprint density at radius 3 is 2.44 bits per heavy atom. The van der Waals surface area contributed by atoms with Gasteiger partial charge in [0, 0.05) is 19.7 Å². The molecule has 0 fully saturated rings. The average molecular weight is 245 g/mol. The van der Waals surface area contributed by atoms with Crippen molar-refractivity contribution in [2.45, 2.75) is 26.0 Å². The lowest BCUT2D eigenvalue weighted by atomic mass is 10.1. The van der Waals surface area contributed by atoms with E-state index in [0.29, 0.717) is 5.84 Å². The van der Waals surface area contributed by atoms with Gasteiger partial charge in [0.1, 0.15) is 11.4 Å².